The third-order valence-corrected chi connectivity index (χ3v) is 2.79. The first kappa shape index (κ1) is 7.40. The SMILES string of the molecule is FC(F)c1cc(I)cs1. The number of thiophene rings is 1. The van der Waals surface area contributed by atoms with Gasteiger partial charge in [-0.2, -0.15) is 0 Å². The van der Waals surface area contributed by atoms with Gasteiger partial charge in [0.2, 0.25) is 0 Å². The zero-order valence-corrected chi connectivity index (χ0v) is 7.25. The number of hydrogen-bond acceptors (Lipinski definition) is 1. The van der Waals surface area contributed by atoms with Crippen LogP contribution in [-0.2, 0) is 0 Å². The highest BCUT2D eigenvalue weighted by Crippen LogP contribution is 2.26. The molecule has 1 heterocycles. The van der Waals surface area contributed by atoms with Crippen LogP contribution in [0.25, 0.3) is 0 Å². The highest BCUT2D eigenvalue weighted by molar-refractivity contribution is 14.1. The Balaban J connectivity index is 2.85. The summed E-state index contributed by atoms with van der Waals surface area (Å²) in [6.07, 6.45) is -2.31. The van der Waals surface area contributed by atoms with Crippen LogP contribution in [0.2, 0.25) is 0 Å². The van der Waals surface area contributed by atoms with Crippen molar-refractivity contribution in [2.45, 2.75) is 6.43 Å². The summed E-state index contributed by atoms with van der Waals surface area (Å²) in [5.41, 5.74) is 0. The molecule has 0 fully saturated rings. The van der Waals surface area contributed by atoms with Crippen molar-refractivity contribution in [1.82, 2.24) is 0 Å². The fourth-order valence-corrected chi connectivity index (χ4v) is 1.99. The molecule has 4 heteroatoms. The van der Waals surface area contributed by atoms with Gasteiger partial charge in [-0.05, 0) is 28.7 Å². The fourth-order valence-electron chi connectivity index (χ4n) is 0.443. The molecule has 0 aliphatic rings. The number of halogens is 3. The molecule has 0 amide bonds. The van der Waals surface area contributed by atoms with Gasteiger partial charge in [0.15, 0.2) is 0 Å². The number of hydrogen-bond donors (Lipinski definition) is 0. The van der Waals surface area contributed by atoms with E-state index in [9.17, 15) is 8.78 Å². The van der Waals surface area contributed by atoms with Crippen molar-refractivity contribution in [3.8, 4) is 0 Å². The third kappa shape index (κ3) is 1.86. The summed E-state index contributed by atoms with van der Waals surface area (Å²) in [5, 5.41) is 1.71. The molecule has 0 aromatic carbocycles. The van der Waals surface area contributed by atoms with Crippen molar-refractivity contribution in [2.75, 3.05) is 0 Å². The second-order valence-electron chi connectivity index (χ2n) is 1.47. The van der Waals surface area contributed by atoms with E-state index in [-0.39, 0.29) is 4.88 Å². The second-order valence-corrected chi connectivity index (χ2v) is 3.66. The summed E-state index contributed by atoms with van der Waals surface area (Å²) in [7, 11) is 0. The number of alkyl halides is 2. The van der Waals surface area contributed by atoms with Crippen LogP contribution in [0.4, 0.5) is 8.78 Å². The Morgan fingerprint density at radius 2 is 2.22 bits per heavy atom. The lowest BCUT2D eigenvalue weighted by Gasteiger charge is -1.87. The van der Waals surface area contributed by atoms with Crippen LogP contribution in [0.3, 0.4) is 0 Å². The summed E-state index contributed by atoms with van der Waals surface area (Å²) < 4.78 is 24.5. The predicted molar refractivity (Wildman–Crippen MR) is 42.0 cm³/mol. The van der Waals surface area contributed by atoms with Gasteiger partial charge in [0, 0.05) is 8.95 Å². The molecule has 1 rings (SSSR count). The molecule has 0 nitrogen and oxygen atoms in total. The van der Waals surface area contributed by atoms with Gasteiger partial charge in [-0.25, -0.2) is 8.78 Å². The van der Waals surface area contributed by atoms with Gasteiger partial charge in [-0.1, -0.05) is 0 Å². The minimum atomic E-state index is -2.31. The average Bonchev–Trinajstić information content (AvgIpc) is 2.14. The van der Waals surface area contributed by atoms with Gasteiger partial charge in [0.25, 0.3) is 6.43 Å². The van der Waals surface area contributed by atoms with Crippen molar-refractivity contribution in [2.24, 2.45) is 0 Å². The zero-order chi connectivity index (χ0) is 6.85. The topological polar surface area (TPSA) is 0 Å². The fraction of sp³-hybridized carbons (Fsp3) is 0.200. The molecule has 0 aliphatic heterocycles. The Labute approximate surface area is 69.0 Å². The molecule has 0 N–H and O–H groups in total. The van der Waals surface area contributed by atoms with E-state index in [2.05, 4.69) is 0 Å². The molecule has 50 valence electrons. The number of rotatable bonds is 1. The highest BCUT2D eigenvalue weighted by Gasteiger charge is 2.07. The summed E-state index contributed by atoms with van der Waals surface area (Å²) in [6.45, 7) is 0. The lowest BCUT2D eigenvalue weighted by atomic mass is 10.5. The maximum absolute atomic E-state index is 11.8. The molecule has 1 aromatic rings. The summed E-state index contributed by atoms with van der Waals surface area (Å²) >= 11 is 3.11. The molecule has 0 saturated carbocycles. The monoisotopic (exact) mass is 260 g/mol. The van der Waals surface area contributed by atoms with E-state index in [4.69, 9.17) is 0 Å². The summed E-state index contributed by atoms with van der Waals surface area (Å²) in [4.78, 5) is 0.152. The minimum absolute atomic E-state index is 0.152. The smallest absolute Gasteiger partial charge is 0.204 e. The zero-order valence-electron chi connectivity index (χ0n) is 4.27. The second kappa shape index (κ2) is 2.92. The van der Waals surface area contributed by atoms with Crippen molar-refractivity contribution in [3.05, 3.63) is 19.9 Å². The molecule has 0 radical (unpaired) electrons. The van der Waals surface area contributed by atoms with Crippen LogP contribution in [-0.4, -0.2) is 0 Å². The molecule has 0 aliphatic carbocycles. The Morgan fingerprint density at radius 1 is 1.56 bits per heavy atom. The van der Waals surface area contributed by atoms with Crippen LogP contribution in [0.1, 0.15) is 11.3 Å². The standard InChI is InChI=1S/C5H3F2IS/c6-5(7)4-1-3(8)2-9-4/h1-2,5H. The van der Waals surface area contributed by atoms with Gasteiger partial charge in [0.1, 0.15) is 0 Å². The summed E-state index contributed by atoms with van der Waals surface area (Å²) in [6, 6.07) is 1.50. The van der Waals surface area contributed by atoms with Gasteiger partial charge in [-0.15, -0.1) is 11.3 Å². The van der Waals surface area contributed by atoms with Gasteiger partial charge in [-0.3, -0.25) is 0 Å². The third-order valence-electron chi connectivity index (χ3n) is 0.803. The lowest BCUT2D eigenvalue weighted by Crippen LogP contribution is -1.72. The first-order chi connectivity index (χ1) is 4.20. The van der Waals surface area contributed by atoms with Crippen LogP contribution in [0.15, 0.2) is 11.4 Å². The maximum atomic E-state index is 11.8. The van der Waals surface area contributed by atoms with Crippen molar-refractivity contribution in [3.63, 3.8) is 0 Å². The minimum Gasteiger partial charge on any atom is -0.204 e. The molecule has 0 bridgehead atoms. The maximum Gasteiger partial charge on any atom is 0.272 e. The van der Waals surface area contributed by atoms with E-state index in [1.54, 1.807) is 5.38 Å². The van der Waals surface area contributed by atoms with E-state index in [1.165, 1.54) is 6.07 Å². The molecular weight excluding hydrogens is 257 g/mol. The van der Waals surface area contributed by atoms with E-state index >= 15 is 0 Å². The molecule has 9 heavy (non-hydrogen) atoms. The van der Waals surface area contributed by atoms with E-state index in [1.807, 2.05) is 22.6 Å². The van der Waals surface area contributed by atoms with Crippen LogP contribution in [0, 0.1) is 3.57 Å². The van der Waals surface area contributed by atoms with Crippen LogP contribution >= 0.6 is 33.9 Å². The normalized spacial score (nSPS) is 10.7. The highest BCUT2D eigenvalue weighted by atomic mass is 127. The van der Waals surface area contributed by atoms with Crippen molar-refractivity contribution < 1.29 is 8.78 Å². The molecular formula is C5H3F2IS. The van der Waals surface area contributed by atoms with E-state index in [0.717, 1.165) is 14.9 Å². The molecule has 0 saturated heterocycles. The quantitative estimate of drug-likeness (QED) is 0.679. The molecule has 1 aromatic heterocycles. The summed E-state index contributed by atoms with van der Waals surface area (Å²) in [5.74, 6) is 0. The van der Waals surface area contributed by atoms with E-state index in [0.29, 0.717) is 0 Å². The molecule has 0 unspecified atom stereocenters. The van der Waals surface area contributed by atoms with Crippen LogP contribution in [0.5, 0.6) is 0 Å². The Hall–Kier alpha value is 0.290. The first-order valence-electron chi connectivity index (χ1n) is 2.22. The van der Waals surface area contributed by atoms with E-state index < -0.39 is 6.43 Å². The molecule has 0 spiro atoms. The average molecular weight is 260 g/mol. The lowest BCUT2D eigenvalue weighted by molar-refractivity contribution is 0.155. The van der Waals surface area contributed by atoms with Gasteiger partial charge in [0.05, 0.1) is 4.88 Å². The van der Waals surface area contributed by atoms with Crippen LogP contribution < -0.4 is 0 Å². The first-order valence-corrected chi connectivity index (χ1v) is 4.18. The van der Waals surface area contributed by atoms with Crippen molar-refractivity contribution >= 4 is 33.9 Å². The van der Waals surface area contributed by atoms with Crippen molar-refractivity contribution in [1.29, 1.82) is 0 Å². The van der Waals surface area contributed by atoms with Gasteiger partial charge < -0.3 is 0 Å². The predicted octanol–water partition coefficient (Wildman–Crippen LogP) is 3.29. The molecule has 0 atom stereocenters. The Morgan fingerprint density at radius 3 is 2.44 bits per heavy atom. The van der Waals surface area contributed by atoms with Gasteiger partial charge >= 0.3 is 0 Å². The largest absolute Gasteiger partial charge is 0.272 e. The Kier molecular flexibility index (Phi) is 2.40. The Bertz CT molecular complexity index is 197.